The van der Waals surface area contributed by atoms with Crippen LogP contribution < -0.4 is 5.32 Å². The van der Waals surface area contributed by atoms with Crippen LogP contribution in [0.25, 0.3) is 0 Å². The number of hydrogen-bond acceptors (Lipinski definition) is 2. The molecule has 20 heavy (non-hydrogen) atoms. The van der Waals surface area contributed by atoms with Gasteiger partial charge in [-0.2, -0.15) is 0 Å². The van der Waals surface area contributed by atoms with E-state index in [1.54, 1.807) is 11.9 Å². The molecule has 110 valence electrons. The molecular formula is C15H21ClN2O2. The highest BCUT2D eigenvalue weighted by molar-refractivity contribution is 6.31. The average Bonchev–Trinajstić information content (AvgIpc) is 2.48. The molecule has 2 amide bonds. The van der Waals surface area contributed by atoms with Crippen LogP contribution in [0.4, 0.5) is 4.79 Å². The Labute approximate surface area is 125 Å². The minimum Gasteiger partial charge on any atom is -0.381 e. The molecule has 1 atom stereocenters. The van der Waals surface area contributed by atoms with Crippen LogP contribution in [0.5, 0.6) is 0 Å². The van der Waals surface area contributed by atoms with Gasteiger partial charge in [-0.15, -0.1) is 0 Å². The third-order valence-corrected chi connectivity index (χ3v) is 3.88. The molecule has 4 nitrogen and oxygen atoms in total. The Kier molecular flexibility index (Phi) is 5.68. The number of benzene rings is 1. The van der Waals surface area contributed by atoms with Crippen LogP contribution in [0.2, 0.25) is 5.02 Å². The van der Waals surface area contributed by atoms with Gasteiger partial charge in [-0.05, 0) is 30.4 Å². The topological polar surface area (TPSA) is 41.6 Å². The number of rotatable bonds is 4. The predicted molar refractivity (Wildman–Crippen MR) is 79.9 cm³/mol. The molecule has 0 aromatic heterocycles. The molecule has 0 saturated carbocycles. The van der Waals surface area contributed by atoms with Crippen molar-refractivity contribution in [3.63, 3.8) is 0 Å². The van der Waals surface area contributed by atoms with Crippen LogP contribution in [-0.2, 0) is 11.3 Å². The van der Waals surface area contributed by atoms with Gasteiger partial charge in [0, 0.05) is 31.8 Å². The van der Waals surface area contributed by atoms with Gasteiger partial charge in [0.25, 0.3) is 0 Å². The number of nitrogens with zero attached hydrogens (tertiary/aromatic N) is 1. The van der Waals surface area contributed by atoms with Crippen molar-refractivity contribution in [3.8, 4) is 0 Å². The second kappa shape index (κ2) is 7.50. The van der Waals surface area contributed by atoms with E-state index in [0.29, 0.717) is 24.0 Å². The van der Waals surface area contributed by atoms with Crippen molar-refractivity contribution in [1.82, 2.24) is 10.2 Å². The molecule has 0 aliphatic carbocycles. The molecule has 1 N–H and O–H groups in total. The smallest absolute Gasteiger partial charge is 0.317 e. The summed E-state index contributed by atoms with van der Waals surface area (Å²) in [5.74, 6) is 0.432. The van der Waals surface area contributed by atoms with Gasteiger partial charge in [0.1, 0.15) is 0 Å². The molecule has 1 saturated heterocycles. The quantitative estimate of drug-likeness (QED) is 0.928. The first-order valence-electron chi connectivity index (χ1n) is 6.97. The lowest BCUT2D eigenvalue weighted by molar-refractivity contribution is 0.0552. The Bertz CT molecular complexity index is 447. The SMILES string of the molecule is CN(Cc1ccccc1Cl)C(=O)NC[C@@H]1CCCOC1. The fraction of sp³-hybridized carbons (Fsp3) is 0.533. The van der Waals surface area contributed by atoms with Crippen molar-refractivity contribution in [2.45, 2.75) is 19.4 Å². The van der Waals surface area contributed by atoms with E-state index in [9.17, 15) is 4.79 Å². The highest BCUT2D eigenvalue weighted by atomic mass is 35.5. The van der Waals surface area contributed by atoms with Crippen LogP contribution in [-0.4, -0.2) is 37.7 Å². The number of carbonyl (C=O) groups is 1. The molecule has 0 unspecified atom stereocenters. The highest BCUT2D eigenvalue weighted by Gasteiger charge is 2.16. The first-order chi connectivity index (χ1) is 9.66. The van der Waals surface area contributed by atoms with E-state index < -0.39 is 0 Å². The molecule has 2 rings (SSSR count). The molecule has 0 spiro atoms. The Morgan fingerprint density at radius 1 is 1.50 bits per heavy atom. The summed E-state index contributed by atoms with van der Waals surface area (Å²) < 4.78 is 5.40. The number of ether oxygens (including phenoxy) is 1. The van der Waals surface area contributed by atoms with E-state index in [-0.39, 0.29) is 6.03 Å². The Hall–Kier alpha value is -1.26. The first-order valence-corrected chi connectivity index (χ1v) is 7.34. The Balaban J connectivity index is 1.78. The van der Waals surface area contributed by atoms with Gasteiger partial charge < -0.3 is 15.0 Å². The summed E-state index contributed by atoms with van der Waals surface area (Å²) in [6.45, 7) is 2.77. The maximum Gasteiger partial charge on any atom is 0.317 e. The summed E-state index contributed by atoms with van der Waals surface area (Å²) in [5, 5.41) is 3.64. The van der Waals surface area contributed by atoms with Crippen molar-refractivity contribution in [1.29, 1.82) is 0 Å². The summed E-state index contributed by atoms with van der Waals surface area (Å²) in [6, 6.07) is 7.50. The highest BCUT2D eigenvalue weighted by Crippen LogP contribution is 2.16. The zero-order valence-electron chi connectivity index (χ0n) is 11.8. The van der Waals surface area contributed by atoms with E-state index >= 15 is 0 Å². The van der Waals surface area contributed by atoms with Gasteiger partial charge in [-0.1, -0.05) is 29.8 Å². The van der Waals surface area contributed by atoms with Crippen molar-refractivity contribution in [2.24, 2.45) is 5.92 Å². The predicted octanol–water partition coefficient (Wildman–Crippen LogP) is 2.91. The molecular weight excluding hydrogens is 276 g/mol. The lowest BCUT2D eigenvalue weighted by Gasteiger charge is -2.24. The number of halogens is 1. The lowest BCUT2D eigenvalue weighted by atomic mass is 10.0. The number of nitrogens with one attached hydrogen (secondary N) is 1. The monoisotopic (exact) mass is 296 g/mol. The molecule has 1 aromatic carbocycles. The van der Waals surface area contributed by atoms with Crippen LogP contribution in [0.15, 0.2) is 24.3 Å². The molecule has 5 heteroatoms. The van der Waals surface area contributed by atoms with Gasteiger partial charge in [0.2, 0.25) is 0 Å². The maximum atomic E-state index is 12.0. The van der Waals surface area contributed by atoms with Gasteiger partial charge >= 0.3 is 6.03 Å². The number of hydrogen-bond donors (Lipinski definition) is 1. The number of amides is 2. The fourth-order valence-corrected chi connectivity index (χ4v) is 2.48. The molecule has 0 radical (unpaired) electrons. The molecule has 0 bridgehead atoms. The molecule has 1 aliphatic rings. The summed E-state index contributed by atoms with van der Waals surface area (Å²) in [6.07, 6.45) is 2.20. The van der Waals surface area contributed by atoms with Crippen LogP contribution in [0.1, 0.15) is 18.4 Å². The molecule has 1 aliphatic heterocycles. The minimum absolute atomic E-state index is 0.0736. The summed E-state index contributed by atoms with van der Waals surface area (Å²) in [4.78, 5) is 13.7. The van der Waals surface area contributed by atoms with Crippen LogP contribution in [0.3, 0.4) is 0 Å². The normalized spacial score (nSPS) is 18.6. The van der Waals surface area contributed by atoms with Crippen LogP contribution in [0, 0.1) is 5.92 Å². The van der Waals surface area contributed by atoms with Crippen LogP contribution >= 0.6 is 11.6 Å². The second-order valence-corrected chi connectivity index (χ2v) is 5.62. The zero-order chi connectivity index (χ0) is 14.4. The van der Waals surface area contributed by atoms with Crippen molar-refractivity contribution < 1.29 is 9.53 Å². The largest absolute Gasteiger partial charge is 0.381 e. The number of carbonyl (C=O) groups excluding carboxylic acids is 1. The fourth-order valence-electron chi connectivity index (χ4n) is 2.29. The second-order valence-electron chi connectivity index (χ2n) is 5.22. The zero-order valence-corrected chi connectivity index (χ0v) is 12.5. The average molecular weight is 297 g/mol. The first kappa shape index (κ1) is 15.1. The number of urea groups is 1. The van der Waals surface area contributed by atoms with Gasteiger partial charge in [-0.3, -0.25) is 0 Å². The van der Waals surface area contributed by atoms with Gasteiger partial charge in [0.05, 0.1) is 6.61 Å². The van der Waals surface area contributed by atoms with Gasteiger partial charge in [0.15, 0.2) is 0 Å². The minimum atomic E-state index is -0.0736. The summed E-state index contributed by atoms with van der Waals surface area (Å²) in [5.41, 5.74) is 0.952. The molecule has 1 heterocycles. The summed E-state index contributed by atoms with van der Waals surface area (Å²) in [7, 11) is 1.77. The third kappa shape index (κ3) is 4.39. The van der Waals surface area contributed by atoms with Crippen molar-refractivity contribution in [3.05, 3.63) is 34.9 Å². The van der Waals surface area contributed by atoms with E-state index in [1.807, 2.05) is 24.3 Å². The van der Waals surface area contributed by atoms with Gasteiger partial charge in [-0.25, -0.2) is 4.79 Å². The van der Waals surface area contributed by atoms with E-state index in [4.69, 9.17) is 16.3 Å². The Morgan fingerprint density at radius 3 is 3.00 bits per heavy atom. The summed E-state index contributed by atoms with van der Waals surface area (Å²) >= 11 is 6.10. The standard InChI is InChI=1S/C15H21ClN2O2/c1-18(10-13-6-2-3-7-14(13)16)15(19)17-9-12-5-4-8-20-11-12/h2-3,6-7,12H,4-5,8-11H2,1H3,(H,17,19)/t12-/m0/s1. The third-order valence-electron chi connectivity index (χ3n) is 3.51. The lowest BCUT2D eigenvalue weighted by Crippen LogP contribution is -2.40. The molecule has 1 aromatic rings. The van der Waals surface area contributed by atoms with E-state index in [0.717, 1.165) is 31.6 Å². The van der Waals surface area contributed by atoms with Crippen molar-refractivity contribution >= 4 is 17.6 Å². The molecule has 1 fully saturated rings. The maximum absolute atomic E-state index is 12.0. The Morgan fingerprint density at radius 2 is 2.30 bits per heavy atom. The van der Waals surface area contributed by atoms with Crippen molar-refractivity contribution in [2.75, 3.05) is 26.8 Å². The van der Waals surface area contributed by atoms with E-state index in [1.165, 1.54) is 0 Å². The van der Waals surface area contributed by atoms with E-state index in [2.05, 4.69) is 5.32 Å².